The Morgan fingerprint density at radius 3 is 2.42 bits per heavy atom. The summed E-state index contributed by atoms with van der Waals surface area (Å²) in [6.07, 6.45) is 3.40. The van der Waals surface area contributed by atoms with Crippen LogP contribution in [0.15, 0.2) is 73.1 Å². The van der Waals surface area contributed by atoms with E-state index in [1.165, 1.54) is 0 Å². The molecule has 31 heavy (non-hydrogen) atoms. The van der Waals surface area contributed by atoms with Gasteiger partial charge in [-0.15, -0.1) is 10.2 Å². The van der Waals surface area contributed by atoms with Crippen molar-refractivity contribution in [3.8, 4) is 11.3 Å². The molecule has 1 aromatic carbocycles. The van der Waals surface area contributed by atoms with Gasteiger partial charge in [0, 0.05) is 43.8 Å². The first-order chi connectivity index (χ1) is 15.2. The summed E-state index contributed by atoms with van der Waals surface area (Å²) in [7, 11) is 1.76. The quantitative estimate of drug-likeness (QED) is 0.380. The zero-order chi connectivity index (χ0) is 21.5. The maximum Gasteiger partial charge on any atom is 0.269 e. The van der Waals surface area contributed by atoms with E-state index in [2.05, 4.69) is 36.2 Å². The Bertz CT molecular complexity index is 1130. The van der Waals surface area contributed by atoms with Crippen molar-refractivity contribution < 1.29 is 4.79 Å². The summed E-state index contributed by atoms with van der Waals surface area (Å²) >= 11 is 0. The highest BCUT2D eigenvalue weighted by Gasteiger charge is 2.13. The van der Waals surface area contributed by atoms with Crippen molar-refractivity contribution in [1.82, 2.24) is 30.3 Å². The number of rotatable bonds is 8. The van der Waals surface area contributed by atoms with Crippen molar-refractivity contribution >= 4 is 23.2 Å². The van der Waals surface area contributed by atoms with E-state index in [9.17, 15) is 4.79 Å². The lowest BCUT2D eigenvalue weighted by Gasteiger charge is -2.08. The molecule has 0 fully saturated rings. The number of benzene rings is 1. The number of aryl methyl sites for hydroxylation is 1. The van der Waals surface area contributed by atoms with Crippen molar-refractivity contribution in [1.29, 1.82) is 0 Å². The summed E-state index contributed by atoms with van der Waals surface area (Å²) in [6.45, 7) is 0.949. The monoisotopic (exact) mass is 414 g/mol. The molecule has 0 spiro atoms. The van der Waals surface area contributed by atoms with Gasteiger partial charge < -0.3 is 16.0 Å². The van der Waals surface area contributed by atoms with Crippen LogP contribution in [0.5, 0.6) is 0 Å². The van der Waals surface area contributed by atoms with E-state index < -0.39 is 0 Å². The molecule has 3 aromatic heterocycles. The molecule has 0 aliphatic heterocycles. The van der Waals surface area contributed by atoms with Gasteiger partial charge in [0.25, 0.3) is 5.91 Å². The predicted octanol–water partition coefficient (Wildman–Crippen LogP) is 2.86. The normalized spacial score (nSPS) is 10.5. The van der Waals surface area contributed by atoms with Crippen LogP contribution < -0.4 is 16.0 Å². The van der Waals surface area contributed by atoms with Crippen molar-refractivity contribution in [3.63, 3.8) is 0 Å². The maximum absolute atomic E-state index is 12.5. The molecule has 0 atom stereocenters. The van der Waals surface area contributed by atoms with E-state index in [1.54, 1.807) is 30.2 Å². The molecule has 156 valence electrons. The van der Waals surface area contributed by atoms with Gasteiger partial charge in [-0.3, -0.25) is 14.5 Å². The van der Waals surface area contributed by atoms with Gasteiger partial charge in [0.2, 0.25) is 0 Å². The first kappa shape index (κ1) is 20.0. The number of amides is 1. The number of hydrogen-bond acceptors (Lipinski definition) is 7. The molecule has 0 saturated carbocycles. The average Bonchev–Trinajstić information content (AvgIpc) is 3.21. The molecule has 0 radical (unpaired) electrons. The summed E-state index contributed by atoms with van der Waals surface area (Å²) in [4.78, 5) is 16.5. The minimum atomic E-state index is -0.179. The molecule has 3 N–H and O–H groups in total. The van der Waals surface area contributed by atoms with Gasteiger partial charge in [0.1, 0.15) is 11.5 Å². The standard InChI is InChI=1S/C22H22N8O/c1-30-19(15-18(29-30)16-5-3-2-4-6-16)22(31)25-14-13-24-20-7-8-21(28-27-20)26-17-9-11-23-12-10-17/h2-12,15H,13-14H2,1H3,(H,24,27)(H,25,31)(H,23,26,28). The third-order valence-corrected chi connectivity index (χ3v) is 4.52. The molecule has 3 heterocycles. The van der Waals surface area contributed by atoms with Gasteiger partial charge in [0.05, 0.1) is 5.69 Å². The van der Waals surface area contributed by atoms with Crippen molar-refractivity contribution in [3.05, 3.63) is 78.8 Å². The molecule has 4 aromatic rings. The lowest BCUT2D eigenvalue weighted by molar-refractivity contribution is 0.0946. The molecule has 9 heteroatoms. The summed E-state index contributed by atoms with van der Waals surface area (Å²) in [6, 6.07) is 18.9. The van der Waals surface area contributed by atoms with Crippen LogP contribution in [0.2, 0.25) is 0 Å². The minimum absolute atomic E-state index is 0.179. The van der Waals surface area contributed by atoms with Crippen LogP contribution >= 0.6 is 0 Å². The summed E-state index contributed by atoms with van der Waals surface area (Å²) in [5.74, 6) is 1.08. The summed E-state index contributed by atoms with van der Waals surface area (Å²) in [5.41, 5.74) is 3.13. The van der Waals surface area contributed by atoms with Gasteiger partial charge in [0.15, 0.2) is 5.82 Å². The number of carbonyl (C=O) groups is 1. The van der Waals surface area contributed by atoms with Crippen LogP contribution in [-0.4, -0.2) is 44.0 Å². The van der Waals surface area contributed by atoms with Gasteiger partial charge >= 0.3 is 0 Å². The Balaban J connectivity index is 1.25. The molecular weight excluding hydrogens is 392 g/mol. The highest BCUT2D eigenvalue weighted by atomic mass is 16.2. The largest absolute Gasteiger partial charge is 0.367 e. The second-order valence-electron chi connectivity index (χ2n) is 6.75. The maximum atomic E-state index is 12.5. The molecule has 0 unspecified atom stereocenters. The minimum Gasteiger partial charge on any atom is -0.367 e. The highest BCUT2D eigenvalue weighted by Crippen LogP contribution is 2.18. The summed E-state index contributed by atoms with van der Waals surface area (Å²) in [5, 5.41) is 21.9. The third-order valence-electron chi connectivity index (χ3n) is 4.52. The zero-order valence-electron chi connectivity index (χ0n) is 17.0. The fraction of sp³-hybridized carbons (Fsp3) is 0.136. The third kappa shape index (κ3) is 5.21. The summed E-state index contributed by atoms with van der Waals surface area (Å²) < 4.78 is 1.59. The van der Waals surface area contributed by atoms with Gasteiger partial charge in [-0.1, -0.05) is 30.3 Å². The van der Waals surface area contributed by atoms with Crippen LogP contribution in [0.1, 0.15) is 10.5 Å². The highest BCUT2D eigenvalue weighted by molar-refractivity contribution is 5.93. The van der Waals surface area contributed by atoms with Crippen LogP contribution in [-0.2, 0) is 7.05 Å². The number of nitrogens with one attached hydrogen (secondary N) is 3. The average molecular weight is 414 g/mol. The molecule has 0 aliphatic carbocycles. The second-order valence-corrected chi connectivity index (χ2v) is 6.75. The van der Waals surface area contributed by atoms with E-state index >= 15 is 0 Å². The first-order valence-corrected chi connectivity index (χ1v) is 9.81. The van der Waals surface area contributed by atoms with E-state index in [0.717, 1.165) is 16.9 Å². The Kier molecular flexibility index (Phi) is 6.13. The second kappa shape index (κ2) is 9.49. The number of aromatic nitrogens is 5. The molecule has 4 rings (SSSR count). The fourth-order valence-corrected chi connectivity index (χ4v) is 2.96. The number of nitrogens with zero attached hydrogens (tertiary/aromatic N) is 5. The number of carbonyl (C=O) groups excluding carboxylic acids is 1. The van der Waals surface area contributed by atoms with Crippen LogP contribution in [0, 0.1) is 0 Å². The fourth-order valence-electron chi connectivity index (χ4n) is 2.96. The van der Waals surface area contributed by atoms with Crippen LogP contribution in [0.4, 0.5) is 17.3 Å². The number of anilines is 3. The van der Waals surface area contributed by atoms with Gasteiger partial charge in [-0.2, -0.15) is 5.10 Å². The lowest BCUT2D eigenvalue weighted by Crippen LogP contribution is -2.30. The number of pyridine rings is 1. The van der Waals surface area contributed by atoms with E-state index in [4.69, 9.17) is 0 Å². The molecule has 0 saturated heterocycles. The van der Waals surface area contributed by atoms with Gasteiger partial charge in [-0.25, -0.2) is 0 Å². The SMILES string of the molecule is Cn1nc(-c2ccccc2)cc1C(=O)NCCNc1ccc(Nc2ccncc2)nn1. The molecule has 0 aliphatic rings. The molecule has 1 amide bonds. The molecular formula is C22H22N8O. The Morgan fingerprint density at radius 1 is 0.935 bits per heavy atom. The number of hydrogen-bond donors (Lipinski definition) is 3. The Labute approximate surface area is 179 Å². The Hall–Kier alpha value is -4.27. The van der Waals surface area contributed by atoms with Crippen LogP contribution in [0.3, 0.4) is 0 Å². The topological polar surface area (TPSA) is 110 Å². The van der Waals surface area contributed by atoms with E-state index in [-0.39, 0.29) is 5.91 Å². The predicted molar refractivity (Wildman–Crippen MR) is 119 cm³/mol. The van der Waals surface area contributed by atoms with Crippen molar-refractivity contribution in [2.24, 2.45) is 7.05 Å². The smallest absolute Gasteiger partial charge is 0.269 e. The zero-order valence-corrected chi connectivity index (χ0v) is 17.0. The van der Waals surface area contributed by atoms with Crippen molar-refractivity contribution in [2.75, 3.05) is 23.7 Å². The van der Waals surface area contributed by atoms with Crippen LogP contribution in [0.25, 0.3) is 11.3 Å². The van der Waals surface area contributed by atoms with Gasteiger partial charge in [-0.05, 0) is 30.3 Å². The molecule has 9 nitrogen and oxygen atoms in total. The first-order valence-electron chi connectivity index (χ1n) is 9.81. The van der Waals surface area contributed by atoms with Crippen molar-refractivity contribution in [2.45, 2.75) is 0 Å². The van der Waals surface area contributed by atoms with E-state index in [1.807, 2.05) is 54.6 Å². The molecule has 0 bridgehead atoms. The lowest BCUT2D eigenvalue weighted by atomic mass is 10.1. The van der Waals surface area contributed by atoms with E-state index in [0.29, 0.717) is 30.4 Å². The Morgan fingerprint density at radius 2 is 1.68 bits per heavy atom.